The molecule has 0 heterocycles. The first-order chi connectivity index (χ1) is 22.4. The van der Waals surface area contributed by atoms with Gasteiger partial charge in [-0.25, -0.2) is 0 Å². The minimum Gasteiger partial charge on any atom is -0.104 e. The number of unbranched alkanes of at least 4 members (excludes halogenated alkanes) is 6. The normalized spacial score (nSPS) is 24.3. The van der Waals surface area contributed by atoms with Gasteiger partial charge in [-0.1, -0.05) is 122 Å². The first-order valence-electron chi connectivity index (χ1n) is 21.6. The quantitative estimate of drug-likeness (QED) is 0.0943. The molecular formula is C42H79P3. The van der Waals surface area contributed by atoms with Crippen molar-refractivity contribution in [3.63, 3.8) is 0 Å². The molecule has 0 bridgehead atoms. The molecule has 0 aromatic rings. The third-order valence-corrected chi connectivity index (χ3v) is 24.3. The molecule has 0 atom stereocenters. The fraction of sp³-hybridized carbons (Fsp3) is 1.00. The van der Waals surface area contributed by atoms with Crippen LogP contribution < -0.4 is 0 Å². The summed E-state index contributed by atoms with van der Waals surface area (Å²) in [4.78, 5) is 0. The van der Waals surface area contributed by atoms with Crippen LogP contribution in [0.1, 0.15) is 212 Å². The van der Waals surface area contributed by atoms with E-state index < -0.39 is 0 Å². The van der Waals surface area contributed by atoms with E-state index in [9.17, 15) is 0 Å². The van der Waals surface area contributed by atoms with E-state index in [1.54, 1.807) is 204 Å². The lowest BCUT2D eigenvalue weighted by Crippen LogP contribution is -2.22. The standard InChI is InChI=1S/C42H79P3/c1(3-22-36-44(39-26-12-6-13-27-39)40-28-14-7-15-29-40)20-34-43(38-24-10-5-11-25-38)35-21-2-4-23-37-45(41-30-16-8-17-31-41)42-32-18-9-19-33-42/h38-42H,1-37H2. The van der Waals surface area contributed by atoms with Crippen LogP contribution in [0.4, 0.5) is 0 Å². The van der Waals surface area contributed by atoms with Gasteiger partial charge in [0, 0.05) is 0 Å². The molecule has 3 heteroatoms. The lowest BCUT2D eigenvalue weighted by Gasteiger charge is -2.38. The molecular weight excluding hydrogens is 597 g/mol. The zero-order valence-electron chi connectivity index (χ0n) is 30.4. The highest BCUT2D eigenvalue weighted by Crippen LogP contribution is 2.57. The van der Waals surface area contributed by atoms with Crippen LogP contribution in [-0.2, 0) is 0 Å². The molecule has 0 unspecified atom stereocenters. The van der Waals surface area contributed by atoms with E-state index in [4.69, 9.17) is 0 Å². The Kier molecular flexibility index (Phi) is 19.1. The van der Waals surface area contributed by atoms with Gasteiger partial charge in [-0.15, -0.1) is 23.8 Å². The summed E-state index contributed by atoms with van der Waals surface area (Å²) in [5.41, 5.74) is 5.83. The molecule has 0 spiro atoms. The second kappa shape index (κ2) is 22.9. The van der Waals surface area contributed by atoms with Crippen LogP contribution in [-0.4, -0.2) is 52.9 Å². The van der Waals surface area contributed by atoms with Gasteiger partial charge in [0.05, 0.1) is 0 Å². The second-order valence-corrected chi connectivity index (χ2v) is 25.5. The Morgan fingerprint density at radius 2 is 0.489 bits per heavy atom. The van der Waals surface area contributed by atoms with Gasteiger partial charge in [-0.3, -0.25) is 0 Å². The first kappa shape index (κ1) is 37.5. The van der Waals surface area contributed by atoms with Gasteiger partial charge >= 0.3 is 0 Å². The Hall–Kier alpha value is 1.29. The van der Waals surface area contributed by atoms with E-state index in [2.05, 4.69) is 0 Å². The third kappa shape index (κ3) is 13.5. The summed E-state index contributed by atoms with van der Waals surface area (Å²) in [7, 11) is 0.999. The molecule has 0 nitrogen and oxygen atoms in total. The molecule has 0 aromatic carbocycles. The van der Waals surface area contributed by atoms with E-state index in [1.807, 2.05) is 0 Å². The molecule has 0 amide bonds. The van der Waals surface area contributed by atoms with Crippen molar-refractivity contribution in [2.24, 2.45) is 0 Å². The molecule has 0 radical (unpaired) electrons. The van der Waals surface area contributed by atoms with Crippen molar-refractivity contribution in [3.8, 4) is 0 Å². The molecule has 0 N–H and O–H groups in total. The fourth-order valence-corrected chi connectivity index (χ4v) is 22.1. The maximum atomic E-state index is 1.66. The van der Waals surface area contributed by atoms with Gasteiger partial charge in [0.2, 0.25) is 0 Å². The van der Waals surface area contributed by atoms with Crippen LogP contribution >= 0.6 is 23.8 Å². The van der Waals surface area contributed by atoms with E-state index in [-0.39, 0.29) is 0 Å². The molecule has 5 fully saturated rings. The predicted molar refractivity (Wildman–Crippen MR) is 212 cm³/mol. The largest absolute Gasteiger partial charge is 0.104 e. The third-order valence-electron chi connectivity index (χ3n) is 13.5. The molecule has 0 aliphatic heterocycles. The maximum absolute atomic E-state index is 1.66. The summed E-state index contributed by atoms with van der Waals surface area (Å²) in [6, 6.07) is 0. The minimum atomic E-state index is 0.321. The summed E-state index contributed by atoms with van der Waals surface area (Å²) in [5.74, 6) is 0. The fourth-order valence-electron chi connectivity index (χ4n) is 10.8. The highest BCUT2D eigenvalue weighted by molar-refractivity contribution is 7.59. The van der Waals surface area contributed by atoms with Crippen molar-refractivity contribution in [2.75, 3.05) is 24.6 Å². The molecule has 5 saturated carbocycles. The topological polar surface area (TPSA) is 0 Å². The molecule has 0 saturated heterocycles. The molecule has 262 valence electrons. The summed E-state index contributed by atoms with van der Waals surface area (Å²) < 4.78 is 0. The highest BCUT2D eigenvalue weighted by atomic mass is 31.1. The van der Waals surface area contributed by atoms with E-state index in [0.29, 0.717) is 23.8 Å². The minimum absolute atomic E-state index is 0.321. The predicted octanol–water partition coefficient (Wildman–Crippen LogP) is 15.2. The highest BCUT2D eigenvalue weighted by Gasteiger charge is 2.32. The van der Waals surface area contributed by atoms with Crippen LogP contribution in [0.2, 0.25) is 0 Å². The van der Waals surface area contributed by atoms with Gasteiger partial charge < -0.3 is 0 Å². The summed E-state index contributed by atoms with van der Waals surface area (Å²) in [6.45, 7) is 0. The Labute approximate surface area is 287 Å². The Morgan fingerprint density at radius 3 is 0.778 bits per heavy atom. The number of hydrogen-bond acceptors (Lipinski definition) is 0. The Bertz CT molecular complexity index is 621. The average molecular weight is 677 g/mol. The smallest absolute Gasteiger partial charge is 0.0207 e. The van der Waals surface area contributed by atoms with Crippen LogP contribution in [0, 0.1) is 0 Å². The van der Waals surface area contributed by atoms with Crippen LogP contribution in [0.25, 0.3) is 0 Å². The van der Waals surface area contributed by atoms with Crippen LogP contribution in [0.3, 0.4) is 0 Å². The Balaban J connectivity index is 0.984. The zero-order chi connectivity index (χ0) is 30.8. The molecule has 5 rings (SSSR count). The van der Waals surface area contributed by atoms with Crippen molar-refractivity contribution < 1.29 is 0 Å². The average Bonchev–Trinajstić information content (AvgIpc) is 3.12. The van der Waals surface area contributed by atoms with Crippen LogP contribution in [0.5, 0.6) is 0 Å². The number of hydrogen-bond donors (Lipinski definition) is 0. The maximum Gasteiger partial charge on any atom is -0.0207 e. The van der Waals surface area contributed by atoms with E-state index >= 15 is 0 Å². The SMILES string of the molecule is C1CCC(P(CCCCCCP(C2CCCCC2)C2CCCCC2)CCCCCCP(C2CCCCC2)C2CCCCC2)CC1. The molecule has 5 aliphatic rings. The van der Waals surface area contributed by atoms with Gasteiger partial charge in [0.25, 0.3) is 0 Å². The van der Waals surface area contributed by atoms with Crippen molar-refractivity contribution in [1.82, 2.24) is 0 Å². The molecule has 45 heavy (non-hydrogen) atoms. The van der Waals surface area contributed by atoms with Gasteiger partial charge in [0.1, 0.15) is 0 Å². The zero-order valence-corrected chi connectivity index (χ0v) is 33.1. The van der Waals surface area contributed by atoms with Crippen molar-refractivity contribution >= 4 is 23.8 Å². The Morgan fingerprint density at radius 1 is 0.244 bits per heavy atom. The molecule has 0 aromatic heterocycles. The lowest BCUT2D eigenvalue weighted by molar-refractivity contribution is 0.483. The van der Waals surface area contributed by atoms with Gasteiger partial charge in [-0.05, 0) is 143 Å². The summed E-state index contributed by atoms with van der Waals surface area (Å²) in [5, 5.41) is 0. The second-order valence-electron chi connectivity index (χ2n) is 16.8. The lowest BCUT2D eigenvalue weighted by atomic mass is 9.99. The van der Waals surface area contributed by atoms with Crippen molar-refractivity contribution in [2.45, 2.75) is 240 Å². The van der Waals surface area contributed by atoms with Crippen molar-refractivity contribution in [1.29, 1.82) is 0 Å². The monoisotopic (exact) mass is 677 g/mol. The van der Waals surface area contributed by atoms with Crippen LogP contribution in [0.15, 0.2) is 0 Å². The summed E-state index contributed by atoms with van der Waals surface area (Å²) in [6.07, 6.45) is 58.6. The van der Waals surface area contributed by atoms with E-state index in [0.717, 1.165) is 5.66 Å². The van der Waals surface area contributed by atoms with Crippen molar-refractivity contribution in [3.05, 3.63) is 0 Å². The van der Waals surface area contributed by atoms with Gasteiger partial charge in [0.15, 0.2) is 0 Å². The number of rotatable bonds is 19. The first-order valence-corrected chi connectivity index (χ1v) is 26.8. The summed E-state index contributed by atoms with van der Waals surface area (Å²) >= 11 is 0. The molecule has 5 aliphatic carbocycles. The van der Waals surface area contributed by atoms with E-state index in [1.165, 1.54) is 54.7 Å². The van der Waals surface area contributed by atoms with Gasteiger partial charge in [-0.2, -0.15) is 0 Å².